The molecule has 1 aromatic heterocycles. The monoisotopic (exact) mass is 336 g/mol. The van der Waals surface area contributed by atoms with E-state index in [2.05, 4.69) is 48.5 Å². The molecular formula is C18H32N4O2. The Morgan fingerprint density at radius 2 is 2.12 bits per heavy atom. The molecule has 24 heavy (non-hydrogen) atoms. The van der Waals surface area contributed by atoms with Gasteiger partial charge in [0, 0.05) is 31.2 Å². The Balaban J connectivity index is 1.92. The lowest BCUT2D eigenvalue weighted by molar-refractivity contribution is -0.133. The third-order valence-corrected chi connectivity index (χ3v) is 5.40. The molecule has 1 heterocycles. The Morgan fingerprint density at radius 3 is 2.67 bits per heavy atom. The Morgan fingerprint density at radius 1 is 1.38 bits per heavy atom. The maximum absolute atomic E-state index is 5.94. The molecule has 0 bridgehead atoms. The molecule has 2 rings (SSSR count). The van der Waals surface area contributed by atoms with Gasteiger partial charge in [-0.2, -0.15) is 0 Å². The number of ether oxygens (including phenoxy) is 1. The predicted octanol–water partition coefficient (Wildman–Crippen LogP) is 2.89. The van der Waals surface area contributed by atoms with Gasteiger partial charge in [0.15, 0.2) is 11.7 Å². The summed E-state index contributed by atoms with van der Waals surface area (Å²) in [6, 6.07) is 2.37. The van der Waals surface area contributed by atoms with E-state index in [0.29, 0.717) is 18.7 Å². The first-order valence-electron chi connectivity index (χ1n) is 9.16. The normalized spacial score (nSPS) is 23.0. The van der Waals surface area contributed by atoms with E-state index in [-0.39, 0.29) is 5.41 Å². The first-order valence-corrected chi connectivity index (χ1v) is 9.16. The van der Waals surface area contributed by atoms with Crippen LogP contribution in [-0.2, 0) is 17.7 Å². The summed E-state index contributed by atoms with van der Waals surface area (Å²) in [6.45, 7) is 9.99. The van der Waals surface area contributed by atoms with Crippen LogP contribution in [-0.4, -0.2) is 36.9 Å². The Labute approximate surface area is 145 Å². The zero-order chi connectivity index (χ0) is 17.6. The molecule has 6 heteroatoms. The number of hydrogen-bond acceptors (Lipinski definition) is 4. The van der Waals surface area contributed by atoms with Gasteiger partial charge in [-0.3, -0.25) is 4.99 Å². The van der Waals surface area contributed by atoms with Crippen LogP contribution in [0.15, 0.2) is 15.6 Å². The summed E-state index contributed by atoms with van der Waals surface area (Å²) < 4.78 is 11.3. The summed E-state index contributed by atoms with van der Waals surface area (Å²) >= 11 is 0. The minimum Gasteiger partial charge on any atom is -0.378 e. The Kier molecular flexibility index (Phi) is 6.66. The van der Waals surface area contributed by atoms with Gasteiger partial charge >= 0.3 is 0 Å². The summed E-state index contributed by atoms with van der Waals surface area (Å²) in [5.41, 5.74) is 1.17. The number of guanidine groups is 1. The maximum atomic E-state index is 5.94. The standard InChI is InChI=1S/C18H32N4O2/c1-6-13-10-14(24-22-13)12-20-17(19-5)21-15-11-16(23-9-4)18(15,7-2)8-3/h10,15-16H,6-9,11-12H2,1-5H3,(H2,19,20,21). The van der Waals surface area contributed by atoms with E-state index >= 15 is 0 Å². The topological polar surface area (TPSA) is 71.7 Å². The van der Waals surface area contributed by atoms with Crippen molar-refractivity contribution in [3.8, 4) is 0 Å². The quantitative estimate of drug-likeness (QED) is 0.564. The fourth-order valence-corrected chi connectivity index (χ4v) is 3.72. The van der Waals surface area contributed by atoms with Gasteiger partial charge in [0.1, 0.15) is 0 Å². The van der Waals surface area contributed by atoms with E-state index in [0.717, 1.165) is 49.7 Å². The van der Waals surface area contributed by atoms with Gasteiger partial charge in [-0.25, -0.2) is 0 Å². The highest BCUT2D eigenvalue weighted by atomic mass is 16.5. The highest BCUT2D eigenvalue weighted by molar-refractivity contribution is 5.80. The summed E-state index contributed by atoms with van der Waals surface area (Å²) in [5, 5.41) is 10.9. The Bertz CT molecular complexity index is 537. The summed E-state index contributed by atoms with van der Waals surface area (Å²) in [5.74, 6) is 1.63. The van der Waals surface area contributed by atoms with Crippen molar-refractivity contribution in [1.82, 2.24) is 15.8 Å². The van der Waals surface area contributed by atoms with Crippen molar-refractivity contribution in [3.63, 3.8) is 0 Å². The molecule has 0 aliphatic heterocycles. The zero-order valence-electron chi connectivity index (χ0n) is 15.7. The molecule has 0 saturated heterocycles. The molecule has 0 amide bonds. The lowest BCUT2D eigenvalue weighted by Gasteiger charge is -2.55. The molecule has 1 aliphatic carbocycles. The fraction of sp³-hybridized carbons (Fsp3) is 0.778. The largest absolute Gasteiger partial charge is 0.378 e. The molecule has 2 N–H and O–H groups in total. The van der Waals surface area contributed by atoms with Crippen LogP contribution in [0.5, 0.6) is 0 Å². The van der Waals surface area contributed by atoms with E-state index in [1.165, 1.54) is 0 Å². The van der Waals surface area contributed by atoms with Crippen LogP contribution in [0.2, 0.25) is 0 Å². The van der Waals surface area contributed by atoms with Crippen LogP contribution < -0.4 is 10.6 Å². The van der Waals surface area contributed by atoms with Crippen molar-refractivity contribution < 1.29 is 9.26 Å². The second-order valence-electron chi connectivity index (χ2n) is 6.38. The van der Waals surface area contributed by atoms with Gasteiger partial charge in [-0.05, 0) is 32.6 Å². The SMILES string of the molecule is CCOC1CC(NC(=NC)NCc2cc(CC)no2)C1(CC)CC. The van der Waals surface area contributed by atoms with Crippen LogP contribution in [0.1, 0.15) is 58.4 Å². The molecular weight excluding hydrogens is 304 g/mol. The smallest absolute Gasteiger partial charge is 0.191 e. The Hall–Kier alpha value is -1.56. The van der Waals surface area contributed by atoms with Gasteiger partial charge in [0.25, 0.3) is 0 Å². The molecule has 2 atom stereocenters. The number of nitrogens with one attached hydrogen (secondary N) is 2. The average Bonchev–Trinajstić information content (AvgIpc) is 3.06. The highest BCUT2D eigenvalue weighted by Crippen LogP contribution is 2.48. The average molecular weight is 336 g/mol. The van der Waals surface area contributed by atoms with E-state index in [4.69, 9.17) is 9.26 Å². The molecule has 1 aliphatic rings. The molecule has 0 spiro atoms. The lowest BCUT2D eigenvalue weighted by atomic mass is 9.58. The first-order chi connectivity index (χ1) is 11.6. The van der Waals surface area contributed by atoms with Gasteiger partial charge in [-0.1, -0.05) is 25.9 Å². The fourth-order valence-electron chi connectivity index (χ4n) is 3.72. The van der Waals surface area contributed by atoms with Crippen LogP contribution in [0.25, 0.3) is 0 Å². The predicted molar refractivity (Wildman–Crippen MR) is 96.0 cm³/mol. The molecule has 1 fully saturated rings. The summed E-state index contributed by atoms with van der Waals surface area (Å²) in [6.07, 6.45) is 4.45. The minimum atomic E-state index is 0.190. The molecule has 136 valence electrons. The summed E-state index contributed by atoms with van der Waals surface area (Å²) in [4.78, 5) is 4.35. The minimum absolute atomic E-state index is 0.190. The van der Waals surface area contributed by atoms with E-state index in [1.807, 2.05) is 6.07 Å². The van der Waals surface area contributed by atoms with Gasteiger partial charge in [-0.15, -0.1) is 0 Å². The van der Waals surface area contributed by atoms with E-state index in [9.17, 15) is 0 Å². The highest BCUT2D eigenvalue weighted by Gasteiger charge is 2.53. The van der Waals surface area contributed by atoms with Gasteiger partial charge in [0.2, 0.25) is 0 Å². The maximum Gasteiger partial charge on any atom is 0.191 e. The van der Waals surface area contributed by atoms with Crippen LogP contribution in [0, 0.1) is 5.41 Å². The van der Waals surface area contributed by atoms with Gasteiger partial charge < -0.3 is 19.9 Å². The van der Waals surface area contributed by atoms with Crippen molar-refractivity contribution in [1.29, 1.82) is 0 Å². The van der Waals surface area contributed by atoms with Crippen molar-refractivity contribution in [3.05, 3.63) is 17.5 Å². The number of rotatable bonds is 8. The van der Waals surface area contributed by atoms with Gasteiger partial charge in [0.05, 0.1) is 18.3 Å². The van der Waals surface area contributed by atoms with Crippen molar-refractivity contribution >= 4 is 5.96 Å². The van der Waals surface area contributed by atoms with Crippen LogP contribution in [0.3, 0.4) is 0 Å². The molecule has 6 nitrogen and oxygen atoms in total. The van der Waals surface area contributed by atoms with E-state index < -0.39 is 0 Å². The molecule has 2 unspecified atom stereocenters. The van der Waals surface area contributed by atoms with Crippen LogP contribution in [0.4, 0.5) is 0 Å². The van der Waals surface area contributed by atoms with Crippen molar-refractivity contribution in [2.24, 2.45) is 10.4 Å². The molecule has 0 aromatic carbocycles. The molecule has 1 saturated carbocycles. The van der Waals surface area contributed by atoms with Crippen molar-refractivity contribution in [2.75, 3.05) is 13.7 Å². The van der Waals surface area contributed by atoms with Crippen molar-refractivity contribution in [2.45, 2.75) is 72.1 Å². The second-order valence-corrected chi connectivity index (χ2v) is 6.38. The van der Waals surface area contributed by atoms with Crippen LogP contribution >= 0.6 is 0 Å². The zero-order valence-corrected chi connectivity index (χ0v) is 15.7. The second kappa shape index (κ2) is 8.51. The third kappa shape index (κ3) is 3.74. The first kappa shape index (κ1) is 18.8. The number of aromatic nitrogens is 1. The number of aliphatic imine (C=N–C) groups is 1. The number of hydrogen-bond donors (Lipinski definition) is 2. The lowest BCUT2D eigenvalue weighted by Crippen LogP contribution is -2.65. The van der Waals surface area contributed by atoms with E-state index in [1.54, 1.807) is 7.05 Å². The number of aryl methyl sites for hydroxylation is 1. The molecule has 0 radical (unpaired) electrons. The third-order valence-electron chi connectivity index (χ3n) is 5.40. The number of nitrogens with zero attached hydrogens (tertiary/aromatic N) is 2. The summed E-state index contributed by atoms with van der Waals surface area (Å²) in [7, 11) is 1.80. The molecule has 1 aromatic rings.